The van der Waals surface area contributed by atoms with Crippen LogP contribution in [0.5, 0.6) is 0 Å². The molecule has 0 bridgehead atoms. The monoisotopic (exact) mass is 391 g/mol. The van der Waals surface area contributed by atoms with Crippen molar-refractivity contribution in [2.75, 3.05) is 29.6 Å². The third kappa shape index (κ3) is 5.14. The summed E-state index contributed by atoms with van der Waals surface area (Å²) in [4.78, 5) is 28.5. The molecule has 3 rings (SSSR count). The molecule has 0 unspecified atom stereocenters. The highest BCUT2D eigenvalue weighted by Gasteiger charge is 2.16. The molecule has 0 saturated carbocycles. The van der Waals surface area contributed by atoms with Crippen molar-refractivity contribution >= 4 is 40.6 Å². The molecule has 28 heavy (non-hydrogen) atoms. The first-order valence-corrected chi connectivity index (χ1v) is 9.56. The van der Waals surface area contributed by atoms with Gasteiger partial charge in [-0.15, -0.1) is 0 Å². The van der Waals surface area contributed by atoms with E-state index < -0.39 is 11.8 Å². The van der Waals surface area contributed by atoms with Crippen molar-refractivity contribution < 1.29 is 9.59 Å². The maximum atomic E-state index is 12.4. The SMILES string of the molecule is CN(C)c1ccc(NC(=O)C(=O)Nc2ccccc2Sc2ccccc2)cc1. The summed E-state index contributed by atoms with van der Waals surface area (Å²) in [5, 5.41) is 5.32. The van der Waals surface area contributed by atoms with E-state index in [1.807, 2.05) is 79.7 Å². The first-order chi connectivity index (χ1) is 13.5. The van der Waals surface area contributed by atoms with E-state index in [4.69, 9.17) is 0 Å². The molecule has 0 atom stereocenters. The smallest absolute Gasteiger partial charge is 0.314 e. The number of anilines is 3. The predicted molar refractivity (Wildman–Crippen MR) is 115 cm³/mol. The summed E-state index contributed by atoms with van der Waals surface area (Å²) in [6.45, 7) is 0. The third-order valence-corrected chi connectivity index (χ3v) is 5.04. The number of carbonyl (C=O) groups excluding carboxylic acids is 2. The summed E-state index contributed by atoms with van der Waals surface area (Å²) in [5.41, 5.74) is 2.17. The lowest BCUT2D eigenvalue weighted by Gasteiger charge is -2.13. The lowest BCUT2D eigenvalue weighted by molar-refractivity contribution is -0.133. The summed E-state index contributed by atoms with van der Waals surface area (Å²) in [6.07, 6.45) is 0. The van der Waals surface area contributed by atoms with E-state index in [2.05, 4.69) is 10.6 Å². The average Bonchev–Trinajstić information content (AvgIpc) is 2.70. The Balaban J connectivity index is 1.66. The molecule has 2 amide bonds. The summed E-state index contributed by atoms with van der Waals surface area (Å²) >= 11 is 1.53. The van der Waals surface area contributed by atoms with Crippen molar-refractivity contribution in [2.45, 2.75) is 9.79 Å². The van der Waals surface area contributed by atoms with E-state index in [1.165, 1.54) is 11.8 Å². The Morgan fingerprint density at radius 2 is 1.36 bits per heavy atom. The molecule has 0 aliphatic carbocycles. The van der Waals surface area contributed by atoms with Crippen LogP contribution in [0.4, 0.5) is 17.1 Å². The molecule has 3 aromatic rings. The third-order valence-electron chi connectivity index (χ3n) is 3.95. The van der Waals surface area contributed by atoms with Crippen LogP contribution in [0.2, 0.25) is 0 Å². The fraction of sp³-hybridized carbons (Fsp3) is 0.0909. The van der Waals surface area contributed by atoms with Gasteiger partial charge in [-0.25, -0.2) is 0 Å². The number of para-hydroxylation sites is 1. The summed E-state index contributed by atoms with van der Waals surface area (Å²) in [6, 6.07) is 24.5. The van der Waals surface area contributed by atoms with Gasteiger partial charge in [0.25, 0.3) is 0 Å². The van der Waals surface area contributed by atoms with Crippen LogP contribution in [0.25, 0.3) is 0 Å². The lowest BCUT2D eigenvalue weighted by atomic mass is 10.2. The molecule has 5 nitrogen and oxygen atoms in total. The topological polar surface area (TPSA) is 61.4 Å². The number of nitrogens with one attached hydrogen (secondary N) is 2. The normalized spacial score (nSPS) is 10.2. The molecule has 0 fully saturated rings. The molecule has 6 heteroatoms. The Morgan fingerprint density at radius 1 is 0.750 bits per heavy atom. The maximum absolute atomic E-state index is 12.4. The highest BCUT2D eigenvalue weighted by molar-refractivity contribution is 7.99. The Hall–Kier alpha value is -3.25. The number of benzene rings is 3. The number of nitrogens with zero attached hydrogens (tertiary/aromatic N) is 1. The Morgan fingerprint density at radius 3 is 2.04 bits per heavy atom. The summed E-state index contributed by atoms with van der Waals surface area (Å²) < 4.78 is 0. The molecule has 0 heterocycles. The molecule has 3 aromatic carbocycles. The molecule has 0 aliphatic rings. The van der Waals surface area contributed by atoms with Gasteiger partial charge < -0.3 is 15.5 Å². The zero-order valence-corrected chi connectivity index (χ0v) is 16.5. The number of hydrogen-bond acceptors (Lipinski definition) is 4. The highest BCUT2D eigenvalue weighted by Crippen LogP contribution is 2.33. The van der Waals surface area contributed by atoms with Gasteiger partial charge in [-0.2, -0.15) is 0 Å². The van der Waals surface area contributed by atoms with Gasteiger partial charge in [0.05, 0.1) is 5.69 Å². The van der Waals surface area contributed by atoms with Crippen molar-refractivity contribution in [2.24, 2.45) is 0 Å². The minimum absolute atomic E-state index is 0.567. The number of rotatable bonds is 5. The average molecular weight is 391 g/mol. The van der Waals surface area contributed by atoms with Gasteiger partial charge in [0.2, 0.25) is 0 Å². The molecule has 0 saturated heterocycles. The van der Waals surface area contributed by atoms with Crippen LogP contribution in [-0.4, -0.2) is 25.9 Å². The Kier molecular flexibility index (Phi) is 6.34. The molecule has 0 spiro atoms. The highest BCUT2D eigenvalue weighted by atomic mass is 32.2. The van der Waals surface area contributed by atoms with Gasteiger partial charge in [-0.3, -0.25) is 9.59 Å². The number of carbonyl (C=O) groups is 2. The van der Waals surface area contributed by atoms with Crippen LogP contribution < -0.4 is 15.5 Å². The fourth-order valence-corrected chi connectivity index (χ4v) is 3.41. The van der Waals surface area contributed by atoms with Crippen molar-refractivity contribution in [1.29, 1.82) is 0 Å². The van der Waals surface area contributed by atoms with Crippen molar-refractivity contribution in [3.63, 3.8) is 0 Å². The maximum Gasteiger partial charge on any atom is 0.314 e. The molecule has 142 valence electrons. The van der Waals surface area contributed by atoms with Crippen LogP contribution in [-0.2, 0) is 9.59 Å². The molecule has 0 aliphatic heterocycles. The van der Waals surface area contributed by atoms with Crippen LogP contribution in [0.3, 0.4) is 0 Å². The quantitative estimate of drug-likeness (QED) is 0.630. The van der Waals surface area contributed by atoms with Gasteiger partial charge in [0, 0.05) is 35.3 Å². The number of amides is 2. The Bertz CT molecular complexity index is 957. The van der Waals surface area contributed by atoms with E-state index in [0.29, 0.717) is 11.4 Å². The van der Waals surface area contributed by atoms with Gasteiger partial charge in [-0.1, -0.05) is 42.1 Å². The summed E-state index contributed by atoms with van der Waals surface area (Å²) in [5.74, 6) is -1.42. The second-order valence-corrected chi connectivity index (χ2v) is 7.38. The van der Waals surface area contributed by atoms with Crippen LogP contribution in [0.15, 0.2) is 88.7 Å². The molecule has 0 aromatic heterocycles. The predicted octanol–water partition coefficient (Wildman–Crippen LogP) is 4.48. The zero-order valence-electron chi connectivity index (χ0n) is 15.7. The van der Waals surface area contributed by atoms with E-state index in [9.17, 15) is 9.59 Å². The number of hydrogen-bond donors (Lipinski definition) is 2. The Labute approximate surface area is 168 Å². The first kappa shape index (κ1) is 19.5. The van der Waals surface area contributed by atoms with Gasteiger partial charge in [0.1, 0.15) is 0 Å². The van der Waals surface area contributed by atoms with Crippen LogP contribution in [0.1, 0.15) is 0 Å². The van der Waals surface area contributed by atoms with Gasteiger partial charge >= 0.3 is 11.8 Å². The van der Waals surface area contributed by atoms with E-state index in [0.717, 1.165) is 15.5 Å². The van der Waals surface area contributed by atoms with E-state index in [1.54, 1.807) is 18.2 Å². The second-order valence-electron chi connectivity index (χ2n) is 6.26. The largest absolute Gasteiger partial charge is 0.378 e. The molecular weight excluding hydrogens is 370 g/mol. The van der Waals surface area contributed by atoms with Crippen molar-refractivity contribution in [3.05, 3.63) is 78.9 Å². The van der Waals surface area contributed by atoms with E-state index in [-0.39, 0.29) is 0 Å². The van der Waals surface area contributed by atoms with Crippen LogP contribution in [0, 0.1) is 0 Å². The standard InChI is InChI=1S/C22H21N3O2S/c1-25(2)17-14-12-16(13-15-17)23-21(26)22(27)24-19-10-6-7-11-20(19)28-18-8-4-3-5-9-18/h3-15H,1-2H3,(H,23,26)(H,24,27). The van der Waals surface area contributed by atoms with E-state index >= 15 is 0 Å². The van der Waals surface area contributed by atoms with Crippen molar-refractivity contribution in [3.8, 4) is 0 Å². The molecular formula is C22H21N3O2S. The van der Waals surface area contributed by atoms with Crippen LogP contribution >= 0.6 is 11.8 Å². The lowest BCUT2D eigenvalue weighted by Crippen LogP contribution is -2.29. The minimum atomic E-state index is -0.711. The zero-order chi connectivity index (χ0) is 19.9. The fourth-order valence-electron chi connectivity index (χ4n) is 2.48. The molecule has 2 N–H and O–H groups in total. The van der Waals surface area contributed by atoms with Gasteiger partial charge in [-0.05, 0) is 48.5 Å². The second kappa shape index (κ2) is 9.10. The first-order valence-electron chi connectivity index (χ1n) is 8.74. The minimum Gasteiger partial charge on any atom is -0.378 e. The summed E-state index contributed by atoms with van der Waals surface area (Å²) in [7, 11) is 3.87. The van der Waals surface area contributed by atoms with Gasteiger partial charge in [0.15, 0.2) is 0 Å². The van der Waals surface area contributed by atoms with Crippen molar-refractivity contribution in [1.82, 2.24) is 0 Å². The molecule has 0 radical (unpaired) electrons.